The zero-order chi connectivity index (χ0) is 24.2. The van der Waals surface area contributed by atoms with Crippen LogP contribution in [0.25, 0.3) is 0 Å². The number of rotatable bonds is 2. The van der Waals surface area contributed by atoms with Crippen LogP contribution in [0.3, 0.4) is 0 Å². The molecule has 2 aromatic rings. The number of amidine groups is 1. The van der Waals surface area contributed by atoms with E-state index in [1.807, 2.05) is 0 Å². The van der Waals surface area contributed by atoms with Gasteiger partial charge in [-0.15, -0.1) is 0 Å². The number of halogens is 6. The topological polar surface area (TPSA) is 66.8 Å². The number of benzene rings is 2. The Morgan fingerprint density at radius 3 is 2.06 bits per heavy atom. The zero-order valence-electron chi connectivity index (χ0n) is 16.4. The second kappa shape index (κ2) is 8.05. The first-order valence-corrected chi connectivity index (χ1v) is 12.1. The fraction of sp³-hybridized carbons (Fsp3) is 0.300. The summed E-state index contributed by atoms with van der Waals surface area (Å²) in [5, 5.41) is -0.845. The van der Waals surface area contributed by atoms with E-state index < -0.39 is 62.0 Å². The summed E-state index contributed by atoms with van der Waals surface area (Å²) in [5.74, 6) is -1.57. The number of hydrogen-bond acceptors (Lipinski definition) is 4. The van der Waals surface area contributed by atoms with Crippen molar-refractivity contribution in [3.8, 4) is 0 Å². The van der Waals surface area contributed by atoms with Crippen LogP contribution in [0.2, 0.25) is 0 Å². The molecule has 0 aromatic heterocycles. The van der Waals surface area contributed by atoms with Crippen LogP contribution in [0, 0.1) is 0 Å². The van der Waals surface area contributed by atoms with Gasteiger partial charge in [-0.2, -0.15) is 31.3 Å². The van der Waals surface area contributed by atoms with Gasteiger partial charge in [-0.3, -0.25) is 4.79 Å². The summed E-state index contributed by atoms with van der Waals surface area (Å²) < 4.78 is 104. The summed E-state index contributed by atoms with van der Waals surface area (Å²) in [6, 6.07) is 7.72. The van der Waals surface area contributed by atoms with Gasteiger partial charge in [0.2, 0.25) is 0 Å². The van der Waals surface area contributed by atoms with Crippen LogP contribution in [0.1, 0.15) is 21.5 Å². The molecule has 2 aromatic carbocycles. The van der Waals surface area contributed by atoms with Crippen molar-refractivity contribution in [3.05, 3.63) is 65.2 Å². The molecule has 0 unspecified atom stereocenters. The third-order valence-electron chi connectivity index (χ3n) is 5.14. The van der Waals surface area contributed by atoms with E-state index in [4.69, 9.17) is 0 Å². The average Bonchev–Trinajstić information content (AvgIpc) is 3.17. The monoisotopic (exact) mass is 508 g/mol. The van der Waals surface area contributed by atoms with Crippen LogP contribution in [-0.2, 0) is 22.2 Å². The lowest BCUT2D eigenvalue weighted by molar-refractivity contribution is -0.143. The number of carbonyl (C=O) groups excluding carboxylic acids is 1. The van der Waals surface area contributed by atoms with E-state index >= 15 is 0 Å². The number of fused-ring (bicyclic) bond motifs is 1. The minimum Gasteiger partial charge on any atom is -0.316 e. The number of carbonyl (C=O) groups is 1. The van der Waals surface area contributed by atoms with Gasteiger partial charge < -0.3 is 4.90 Å². The maximum absolute atomic E-state index is 13.4. The van der Waals surface area contributed by atoms with E-state index in [1.165, 1.54) is 12.1 Å². The van der Waals surface area contributed by atoms with E-state index in [-0.39, 0.29) is 22.6 Å². The van der Waals surface area contributed by atoms with Gasteiger partial charge in [0.15, 0.2) is 15.0 Å². The molecular formula is C20H14F6N2O3S2. The molecule has 0 N–H and O–H groups in total. The van der Waals surface area contributed by atoms with E-state index in [9.17, 15) is 39.6 Å². The first-order valence-electron chi connectivity index (χ1n) is 9.38. The largest absolute Gasteiger partial charge is 0.416 e. The standard InChI is InChI=1S/C20H14F6N2O3S2/c21-19(22,23)12-6-13(20(24,25)26)8-14(7-12)28-15-9-33(30,31)10-16(15)32-18(28)27-17(29)11-4-2-1-3-5-11/h1-8,15-16H,9-10H2/t15-,16+/m0/s1. The van der Waals surface area contributed by atoms with Crippen LogP contribution in [0.4, 0.5) is 32.0 Å². The van der Waals surface area contributed by atoms with Gasteiger partial charge in [0, 0.05) is 16.5 Å². The van der Waals surface area contributed by atoms with Crippen LogP contribution in [0.5, 0.6) is 0 Å². The summed E-state index contributed by atoms with van der Waals surface area (Å²) in [4.78, 5) is 17.5. The van der Waals surface area contributed by atoms with Crippen LogP contribution < -0.4 is 4.90 Å². The molecule has 0 spiro atoms. The molecule has 2 atom stereocenters. The maximum Gasteiger partial charge on any atom is 0.416 e. The summed E-state index contributed by atoms with van der Waals surface area (Å²) in [6.07, 6.45) is -10.2. The van der Waals surface area contributed by atoms with Crippen LogP contribution >= 0.6 is 11.8 Å². The molecule has 0 aliphatic carbocycles. The molecule has 13 heteroatoms. The Labute approximate surface area is 188 Å². The highest BCUT2D eigenvalue weighted by atomic mass is 32.2. The Hall–Kier alpha value is -2.54. The molecule has 0 radical (unpaired) electrons. The van der Waals surface area contributed by atoms with Crippen molar-refractivity contribution in [2.75, 3.05) is 16.4 Å². The number of anilines is 1. The molecule has 5 nitrogen and oxygen atoms in total. The molecule has 0 bridgehead atoms. The Morgan fingerprint density at radius 1 is 0.939 bits per heavy atom. The minimum atomic E-state index is -5.08. The molecule has 1 amide bonds. The van der Waals surface area contributed by atoms with Crippen molar-refractivity contribution in [2.45, 2.75) is 23.6 Å². The number of alkyl halides is 6. The van der Waals surface area contributed by atoms with Crippen molar-refractivity contribution in [1.29, 1.82) is 0 Å². The van der Waals surface area contributed by atoms with Gasteiger partial charge in [0.05, 0.1) is 28.7 Å². The van der Waals surface area contributed by atoms with Crippen molar-refractivity contribution in [3.63, 3.8) is 0 Å². The first kappa shape index (κ1) is 23.6. The van der Waals surface area contributed by atoms with E-state index in [1.54, 1.807) is 18.2 Å². The van der Waals surface area contributed by atoms with Gasteiger partial charge in [-0.05, 0) is 30.3 Å². The SMILES string of the molecule is O=C(N=C1S[C@@H]2CS(=O)(=O)C[C@@H]2N1c1cc(C(F)(F)F)cc(C(F)(F)F)c1)c1ccccc1. The maximum atomic E-state index is 13.4. The quantitative estimate of drug-likeness (QED) is 0.553. The third kappa shape index (κ3) is 4.88. The molecule has 2 saturated heterocycles. The predicted molar refractivity (Wildman–Crippen MR) is 111 cm³/mol. The predicted octanol–water partition coefficient (Wildman–Crippen LogP) is 4.64. The van der Waals surface area contributed by atoms with Crippen molar-refractivity contribution in [2.24, 2.45) is 4.99 Å². The Morgan fingerprint density at radius 2 is 1.52 bits per heavy atom. The number of aliphatic imine (C=N–C) groups is 1. The second-order valence-corrected chi connectivity index (χ2v) is 10.9. The molecule has 176 valence electrons. The summed E-state index contributed by atoms with van der Waals surface area (Å²) in [7, 11) is -3.57. The normalized spacial score (nSPS) is 23.7. The molecular weight excluding hydrogens is 494 g/mol. The van der Waals surface area contributed by atoms with Crippen molar-refractivity contribution < 1.29 is 39.6 Å². The van der Waals surface area contributed by atoms with E-state index in [0.29, 0.717) is 12.1 Å². The molecule has 33 heavy (non-hydrogen) atoms. The number of sulfone groups is 1. The summed E-state index contributed by atoms with van der Waals surface area (Å²) >= 11 is 0.850. The molecule has 2 heterocycles. The third-order valence-corrected chi connectivity index (χ3v) is 8.34. The lowest BCUT2D eigenvalue weighted by Gasteiger charge is -2.26. The van der Waals surface area contributed by atoms with Crippen molar-refractivity contribution >= 4 is 38.4 Å². The van der Waals surface area contributed by atoms with Gasteiger partial charge in [0.25, 0.3) is 5.91 Å². The highest BCUT2D eigenvalue weighted by Gasteiger charge is 2.50. The Balaban J connectivity index is 1.85. The molecule has 4 rings (SSSR count). The number of hydrogen-bond donors (Lipinski definition) is 0. The van der Waals surface area contributed by atoms with Crippen LogP contribution in [-0.4, -0.2) is 42.3 Å². The number of thioether (sulfide) groups is 1. The zero-order valence-corrected chi connectivity index (χ0v) is 18.0. The first-order chi connectivity index (χ1) is 15.2. The van der Waals surface area contributed by atoms with E-state index in [0.717, 1.165) is 16.7 Å². The van der Waals surface area contributed by atoms with Gasteiger partial charge >= 0.3 is 12.4 Å². The number of nitrogens with zero attached hydrogens (tertiary/aromatic N) is 2. The highest BCUT2D eigenvalue weighted by Crippen LogP contribution is 2.44. The molecule has 0 saturated carbocycles. The van der Waals surface area contributed by atoms with Gasteiger partial charge in [-0.1, -0.05) is 30.0 Å². The van der Waals surface area contributed by atoms with Crippen LogP contribution in [0.15, 0.2) is 53.5 Å². The highest BCUT2D eigenvalue weighted by molar-refractivity contribution is 8.16. The Kier molecular flexibility index (Phi) is 5.76. The fourth-order valence-corrected chi connectivity index (χ4v) is 7.59. The Bertz CT molecular complexity index is 1190. The van der Waals surface area contributed by atoms with Crippen molar-refractivity contribution in [1.82, 2.24) is 0 Å². The lowest BCUT2D eigenvalue weighted by atomic mass is 10.1. The summed E-state index contributed by atoms with van der Waals surface area (Å²) in [5.41, 5.74) is -3.46. The van der Waals surface area contributed by atoms with Gasteiger partial charge in [-0.25, -0.2) is 8.42 Å². The lowest BCUT2D eigenvalue weighted by Crippen LogP contribution is -2.38. The number of amides is 1. The second-order valence-electron chi connectivity index (χ2n) is 7.50. The molecule has 2 aliphatic rings. The summed E-state index contributed by atoms with van der Waals surface area (Å²) in [6.45, 7) is 0. The smallest absolute Gasteiger partial charge is 0.316 e. The van der Waals surface area contributed by atoms with Gasteiger partial charge in [0.1, 0.15) is 0 Å². The average molecular weight is 508 g/mol. The van der Waals surface area contributed by atoms with E-state index in [2.05, 4.69) is 4.99 Å². The molecule has 2 aliphatic heterocycles. The molecule has 2 fully saturated rings. The minimum absolute atomic E-state index is 0.0124. The fourth-order valence-electron chi connectivity index (χ4n) is 3.68.